The fraction of sp³-hybridized carbons (Fsp3) is 0.125. The van der Waals surface area contributed by atoms with Gasteiger partial charge in [-0.3, -0.25) is 0 Å². The molecule has 2 aromatic heterocycles. The van der Waals surface area contributed by atoms with Gasteiger partial charge in [0.15, 0.2) is 0 Å². The van der Waals surface area contributed by atoms with Crippen molar-refractivity contribution in [1.29, 1.82) is 0 Å². The van der Waals surface area contributed by atoms with Gasteiger partial charge in [-0.25, -0.2) is 9.97 Å². The van der Waals surface area contributed by atoms with Crippen molar-refractivity contribution in [2.45, 2.75) is 6.54 Å². The monoisotopic (exact) mass is 299 g/mol. The highest BCUT2D eigenvalue weighted by Gasteiger charge is 2.04. The lowest BCUT2D eigenvalue weighted by Crippen LogP contribution is -2.02. The molecule has 21 heavy (non-hydrogen) atoms. The van der Waals surface area contributed by atoms with Gasteiger partial charge in [0, 0.05) is 5.39 Å². The van der Waals surface area contributed by atoms with Crippen LogP contribution in [0.1, 0.15) is 5.69 Å². The number of anilines is 1. The summed E-state index contributed by atoms with van der Waals surface area (Å²) in [6.45, 7) is 0.608. The van der Waals surface area contributed by atoms with Crippen LogP contribution in [-0.2, 0) is 6.54 Å². The highest BCUT2D eigenvalue weighted by atomic mass is 35.5. The van der Waals surface area contributed by atoms with Crippen LogP contribution in [-0.4, -0.2) is 17.1 Å². The number of nitrogens with one attached hydrogen (secondary N) is 1. The van der Waals surface area contributed by atoms with E-state index in [9.17, 15) is 0 Å². The summed E-state index contributed by atoms with van der Waals surface area (Å²) in [5, 5.41) is 4.81. The maximum absolute atomic E-state index is 5.76. The van der Waals surface area contributed by atoms with Gasteiger partial charge in [0.2, 0.25) is 0 Å². The molecule has 0 radical (unpaired) electrons. The molecule has 0 unspecified atom stereocenters. The number of ether oxygens (including phenoxy) is 1. The lowest BCUT2D eigenvalue weighted by Gasteiger charge is -2.08. The molecule has 0 aliphatic rings. The third-order valence-electron chi connectivity index (χ3n) is 3.16. The highest BCUT2D eigenvalue weighted by Crippen LogP contribution is 2.23. The number of hydrogen-bond donors (Lipinski definition) is 1. The molecule has 106 valence electrons. The van der Waals surface area contributed by atoms with E-state index >= 15 is 0 Å². The number of aromatic nitrogens is 2. The fourth-order valence-electron chi connectivity index (χ4n) is 2.10. The highest BCUT2D eigenvalue weighted by molar-refractivity contribution is 6.29. The van der Waals surface area contributed by atoms with Crippen LogP contribution < -0.4 is 10.1 Å². The van der Waals surface area contributed by atoms with Gasteiger partial charge < -0.3 is 10.1 Å². The molecular formula is C16H14ClN3O. The minimum Gasteiger partial charge on any atom is -0.494 e. The van der Waals surface area contributed by atoms with E-state index in [0.29, 0.717) is 11.7 Å². The summed E-state index contributed by atoms with van der Waals surface area (Å²) < 4.78 is 5.35. The third-order valence-corrected chi connectivity index (χ3v) is 3.39. The second kappa shape index (κ2) is 5.97. The van der Waals surface area contributed by atoms with Crippen LogP contribution >= 0.6 is 11.6 Å². The first-order chi connectivity index (χ1) is 10.3. The molecule has 0 fully saturated rings. The number of pyridine rings is 2. The number of nitrogens with zero attached hydrogens (tertiary/aromatic N) is 2. The average Bonchev–Trinajstić information content (AvgIpc) is 2.53. The second-order valence-electron chi connectivity index (χ2n) is 4.56. The second-order valence-corrected chi connectivity index (χ2v) is 4.94. The largest absolute Gasteiger partial charge is 0.494 e. The van der Waals surface area contributed by atoms with Crippen LogP contribution in [0, 0.1) is 0 Å². The van der Waals surface area contributed by atoms with Crippen LogP contribution in [0.25, 0.3) is 10.9 Å². The number of methoxy groups -OCH3 is 1. The number of para-hydroxylation sites is 1. The Hall–Kier alpha value is -2.33. The van der Waals surface area contributed by atoms with Crippen molar-refractivity contribution in [3.8, 4) is 5.75 Å². The van der Waals surface area contributed by atoms with Gasteiger partial charge in [0.1, 0.15) is 16.4 Å². The zero-order chi connectivity index (χ0) is 14.7. The Balaban J connectivity index is 1.82. The normalized spacial score (nSPS) is 10.6. The molecule has 0 atom stereocenters. The summed E-state index contributed by atoms with van der Waals surface area (Å²) in [6, 6.07) is 13.6. The van der Waals surface area contributed by atoms with E-state index < -0.39 is 0 Å². The Kier molecular flexibility index (Phi) is 3.88. The predicted molar refractivity (Wildman–Crippen MR) is 84.9 cm³/mol. The molecule has 0 saturated carbocycles. The minimum absolute atomic E-state index is 0.481. The molecule has 0 saturated heterocycles. The first-order valence-corrected chi connectivity index (χ1v) is 6.92. The predicted octanol–water partition coefficient (Wildman–Crippen LogP) is 3.90. The van der Waals surface area contributed by atoms with Gasteiger partial charge in [0.05, 0.1) is 31.2 Å². The van der Waals surface area contributed by atoms with Crippen LogP contribution in [0.2, 0.25) is 5.15 Å². The summed E-state index contributed by atoms with van der Waals surface area (Å²) in [5.74, 6) is 0.780. The topological polar surface area (TPSA) is 47.0 Å². The molecule has 0 spiro atoms. The zero-order valence-corrected chi connectivity index (χ0v) is 12.3. The van der Waals surface area contributed by atoms with Crippen molar-refractivity contribution in [2.24, 2.45) is 0 Å². The standard InChI is InChI=1S/C16H14ClN3O/c1-21-14-4-2-3-11-5-6-13(20-16(11)14)10-18-12-7-8-15(17)19-9-12/h2-9,18H,10H2,1H3. The lowest BCUT2D eigenvalue weighted by molar-refractivity contribution is 0.419. The third kappa shape index (κ3) is 3.06. The van der Waals surface area contributed by atoms with Crippen LogP contribution in [0.15, 0.2) is 48.7 Å². The molecule has 3 aromatic rings. The van der Waals surface area contributed by atoms with Crippen molar-refractivity contribution in [3.05, 3.63) is 59.5 Å². The van der Waals surface area contributed by atoms with E-state index in [1.807, 2.05) is 36.4 Å². The summed E-state index contributed by atoms with van der Waals surface area (Å²) in [7, 11) is 1.65. The molecule has 0 amide bonds. The van der Waals surface area contributed by atoms with Crippen molar-refractivity contribution in [3.63, 3.8) is 0 Å². The van der Waals surface area contributed by atoms with Gasteiger partial charge in [-0.05, 0) is 24.3 Å². The number of benzene rings is 1. The van der Waals surface area contributed by atoms with Crippen molar-refractivity contribution in [1.82, 2.24) is 9.97 Å². The van der Waals surface area contributed by atoms with Crippen molar-refractivity contribution < 1.29 is 4.74 Å². The smallest absolute Gasteiger partial charge is 0.145 e. The Morgan fingerprint density at radius 2 is 2.05 bits per heavy atom. The average molecular weight is 300 g/mol. The van der Waals surface area contributed by atoms with Gasteiger partial charge >= 0.3 is 0 Å². The Bertz CT molecular complexity index is 759. The lowest BCUT2D eigenvalue weighted by atomic mass is 10.2. The quantitative estimate of drug-likeness (QED) is 0.742. The molecule has 0 bridgehead atoms. The molecule has 0 aliphatic heterocycles. The Morgan fingerprint density at radius 1 is 1.14 bits per heavy atom. The summed E-state index contributed by atoms with van der Waals surface area (Å²) in [5.41, 5.74) is 2.71. The minimum atomic E-state index is 0.481. The fourth-order valence-corrected chi connectivity index (χ4v) is 2.21. The number of rotatable bonds is 4. The van der Waals surface area contributed by atoms with E-state index in [0.717, 1.165) is 28.0 Å². The maximum atomic E-state index is 5.76. The Labute approximate surface area is 127 Å². The molecule has 4 nitrogen and oxygen atoms in total. The number of halogens is 1. The Morgan fingerprint density at radius 3 is 2.81 bits per heavy atom. The number of fused-ring (bicyclic) bond motifs is 1. The van der Waals surface area contributed by atoms with Crippen molar-refractivity contribution >= 4 is 28.2 Å². The summed E-state index contributed by atoms with van der Waals surface area (Å²) >= 11 is 5.76. The molecule has 1 N–H and O–H groups in total. The van der Waals surface area contributed by atoms with E-state index in [2.05, 4.69) is 15.3 Å². The number of hydrogen-bond acceptors (Lipinski definition) is 4. The van der Waals surface area contributed by atoms with Gasteiger partial charge in [0.25, 0.3) is 0 Å². The van der Waals surface area contributed by atoms with Crippen molar-refractivity contribution in [2.75, 3.05) is 12.4 Å². The summed E-state index contributed by atoms with van der Waals surface area (Å²) in [6.07, 6.45) is 1.70. The molecule has 3 rings (SSSR count). The van der Waals surface area contributed by atoms with Crippen LogP contribution in [0.3, 0.4) is 0 Å². The SMILES string of the molecule is COc1cccc2ccc(CNc3ccc(Cl)nc3)nc12. The molecular weight excluding hydrogens is 286 g/mol. The molecule has 2 heterocycles. The van der Waals surface area contributed by atoms with Gasteiger partial charge in [-0.15, -0.1) is 0 Å². The zero-order valence-electron chi connectivity index (χ0n) is 11.5. The van der Waals surface area contributed by atoms with E-state index in [-0.39, 0.29) is 0 Å². The maximum Gasteiger partial charge on any atom is 0.145 e. The molecule has 5 heteroatoms. The van der Waals surface area contributed by atoms with Gasteiger partial charge in [-0.2, -0.15) is 0 Å². The first-order valence-electron chi connectivity index (χ1n) is 6.54. The van der Waals surface area contributed by atoms with E-state index in [4.69, 9.17) is 16.3 Å². The van der Waals surface area contributed by atoms with Crippen LogP contribution in [0.5, 0.6) is 5.75 Å². The van der Waals surface area contributed by atoms with E-state index in [1.165, 1.54) is 0 Å². The summed E-state index contributed by atoms with van der Waals surface area (Å²) in [4.78, 5) is 8.68. The van der Waals surface area contributed by atoms with Crippen LogP contribution in [0.4, 0.5) is 5.69 Å². The van der Waals surface area contributed by atoms with Gasteiger partial charge in [-0.1, -0.05) is 29.8 Å². The molecule has 0 aliphatic carbocycles. The molecule has 1 aromatic carbocycles. The van der Waals surface area contributed by atoms with E-state index in [1.54, 1.807) is 19.4 Å². The first kappa shape index (κ1) is 13.6.